The third kappa shape index (κ3) is 5.36. The fraction of sp³-hybridized carbons (Fsp3) is 0.406. The largest absolute Gasteiger partial charge is 0.508 e. The molecule has 2 aromatic heterocycles. The van der Waals surface area contributed by atoms with Gasteiger partial charge in [-0.25, -0.2) is 26.3 Å². The fourth-order valence-corrected chi connectivity index (χ4v) is 8.06. The zero-order valence-electron chi connectivity index (χ0n) is 24.9. The minimum Gasteiger partial charge on any atom is -0.508 e. The Morgan fingerprint density at radius 1 is 1.22 bits per heavy atom. The van der Waals surface area contributed by atoms with Crippen LogP contribution in [0, 0.1) is 24.0 Å². The van der Waals surface area contributed by atoms with Gasteiger partial charge in [0.05, 0.1) is 22.7 Å². The number of nitrogens with one attached hydrogen (secondary N) is 1. The smallest absolute Gasteiger partial charge is 0.319 e. The number of nitrogens with zero attached hydrogens (tertiary/aromatic N) is 5. The molecule has 14 heteroatoms. The number of alkyl halides is 1. The Hall–Kier alpha value is -4.19. The molecule has 0 spiro atoms. The number of halogens is 3. The van der Waals surface area contributed by atoms with Crippen LogP contribution in [0.3, 0.4) is 0 Å². The highest BCUT2D eigenvalue weighted by atomic mass is 32.2. The SMILES string of the molecule is C#Cc1c(F)ccc2cc(O)cc(-c3ncc4c(N5CCC(NS(C)(=O)=O)C5)nc(OC[C@@]56CCCN5C[C@H](F)C6)nc4c3F)c12. The predicted octanol–water partition coefficient (Wildman–Crippen LogP) is 3.89. The van der Waals surface area contributed by atoms with Crippen molar-refractivity contribution < 1.29 is 31.4 Å². The molecule has 0 aliphatic carbocycles. The summed E-state index contributed by atoms with van der Waals surface area (Å²) in [6.45, 7) is 1.87. The Bertz CT molecular complexity index is 2040. The number of hydrogen-bond acceptors (Lipinski definition) is 9. The number of ether oxygens (including phenoxy) is 1. The van der Waals surface area contributed by atoms with Gasteiger partial charge in [-0.05, 0) is 49.4 Å². The Balaban J connectivity index is 1.36. The van der Waals surface area contributed by atoms with Crippen LogP contribution in [-0.2, 0) is 10.0 Å². The third-order valence-electron chi connectivity index (χ3n) is 9.19. The van der Waals surface area contributed by atoms with Crippen LogP contribution in [-0.4, -0.2) is 90.2 Å². The molecule has 0 saturated carbocycles. The number of rotatable bonds is 7. The van der Waals surface area contributed by atoms with Crippen molar-refractivity contribution in [2.24, 2.45) is 0 Å². The highest BCUT2D eigenvalue weighted by Gasteiger charge is 2.49. The van der Waals surface area contributed by atoms with Gasteiger partial charge in [0.1, 0.15) is 41.4 Å². The molecule has 46 heavy (non-hydrogen) atoms. The van der Waals surface area contributed by atoms with Gasteiger partial charge in [0.2, 0.25) is 10.0 Å². The third-order valence-corrected chi connectivity index (χ3v) is 9.96. The van der Waals surface area contributed by atoms with E-state index in [1.54, 1.807) is 0 Å². The van der Waals surface area contributed by atoms with Crippen LogP contribution in [0.4, 0.5) is 19.0 Å². The molecule has 3 atom stereocenters. The summed E-state index contributed by atoms with van der Waals surface area (Å²) < 4.78 is 78.5. The summed E-state index contributed by atoms with van der Waals surface area (Å²) in [7, 11) is -3.47. The Morgan fingerprint density at radius 2 is 2.04 bits per heavy atom. The van der Waals surface area contributed by atoms with Gasteiger partial charge in [0, 0.05) is 49.2 Å². The summed E-state index contributed by atoms with van der Waals surface area (Å²) in [4.78, 5) is 17.4. The van der Waals surface area contributed by atoms with Crippen LogP contribution in [0.1, 0.15) is 31.2 Å². The van der Waals surface area contributed by atoms with Crippen molar-refractivity contribution in [1.29, 1.82) is 0 Å². The Kier molecular flexibility index (Phi) is 7.45. The molecule has 3 saturated heterocycles. The molecule has 1 unspecified atom stereocenters. The van der Waals surface area contributed by atoms with Crippen LogP contribution < -0.4 is 14.4 Å². The summed E-state index contributed by atoms with van der Waals surface area (Å²) in [6, 6.07) is 4.75. The van der Waals surface area contributed by atoms with Gasteiger partial charge >= 0.3 is 6.01 Å². The maximum absolute atomic E-state index is 16.7. The van der Waals surface area contributed by atoms with Gasteiger partial charge in [-0.3, -0.25) is 9.88 Å². The molecule has 7 rings (SSSR count). The second kappa shape index (κ2) is 11.3. The topological polar surface area (TPSA) is 121 Å². The molecule has 10 nitrogen and oxygen atoms in total. The lowest BCUT2D eigenvalue weighted by Gasteiger charge is -2.31. The van der Waals surface area contributed by atoms with Gasteiger partial charge in [-0.1, -0.05) is 12.0 Å². The lowest BCUT2D eigenvalue weighted by atomic mass is 9.95. The second-order valence-electron chi connectivity index (χ2n) is 12.4. The van der Waals surface area contributed by atoms with Crippen molar-refractivity contribution in [3.05, 3.63) is 47.7 Å². The van der Waals surface area contributed by atoms with Crippen LogP contribution in [0.2, 0.25) is 0 Å². The average Bonchev–Trinajstić information content (AvgIpc) is 3.69. The van der Waals surface area contributed by atoms with Crippen molar-refractivity contribution in [3.63, 3.8) is 0 Å². The monoisotopic (exact) mass is 652 g/mol. The summed E-state index contributed by atoms with van der Waals surface area (Å²) in [5, 5.41) is 11.3. The van der Waals surface area contributed by atoms with Crippen LogP contribution in [0.5, 0.6) is 11.8 Å². The van der Waals surface area contributed by atoms with Crippen molar-refractivity contribution >= 4 is 37.5 Å². The van der Waals surface area contributed by atoms with E-state index in [-0.39, 0.29) is 58.0 Å². The maximum atomic E-state index is 16.7. The van der Waals surface area contributed by atoms with E-state index in [4.69, 9.17) is 11.2 Å². The summed E-state index contributed by atoms with van der Waals surface area (Å²) in [5.41, 5.74) is -0.904. The lowest BCUT2D eigenvalue weighted by Crippen LogP contribution is -2.43. The van der Waals surface area contributed by atoms with E-state index in [1.165, 1.54) is 30.5 Å². The minimum atomic E-state index is -3.47. The molecule has 3 aliphatic heterocycles. The number of phenols is 1. The van der Waals surface area contributed by atoms with E-state index in [0.29, 0.717) is 37.1 Å². The second-order valence-corrected chi connectivity index (χ2v) is 14.1. The number of aromatic hydroxyl groups is 1. The predicted molar refractivity (Wildman–Crippen MR) is 167 cm³/mol. The number of hydrogen-bond donors (Lipinski definition) is 2. The molecule has 2 aromatic carbocycles. The molecule has 0 amide bonds. The first kappa shape index (κ1) is 30.5. The van der Waals surface area contributed by atoms with E-state index >= 15 is 4.39 Å². The summed E-state index contributed by atoms with van der Waals surface area (Å²) >= 11 is 0. The molecule has 240 valence electrons. The number of benzene rings is 2. The van der Waals surface area contributed by atoms with Crippen molar-refractivity contribution in [3.8, 4) is 35.4 Å². The van der Waals surface area contributed by atoms with Crippen molar-refractivity contribution in [2.45, 2.75) is 43.4 Å². The molecule has 3 aliphatic rings. The zero-order valence-corrected chi connectivity index (χ0v) is 25.7. The Morgan fingerprint density at radius 3 is 2.83 bits per heavy atom. The maximum Gasteiger partial charge on any atom is 0.319 e. The molecule has 3 fully saturated rings. The summed E-state index contributed by atoms with van der Waals surface area (Å²) in [5.74, 6) is 0.863. The van der Waals surface area contributed by atoms with Crippen molar-refractivity contribution in [1.82, 2.24) is 24.6 Å². The first-order valence-electron chi connectivity index (χ1n) is 15.0. The van der Waals surface area contributed by atoms with Crippen LogP contribution in [0.25, 0.3) is 32.9 Å². The van der Waals surface area contributed by atoms with E-state index in [0.717, 1.165) is 25.6 Å². The first-order valence-corrected chi connectivity index (χ1v) is 16.9. The van der Waals surface area contributed by atoms with Gasteiger partial charge in [0.15, 0.2) is 5.82 Å². The quantitative estimate of drug-likeness (QED) is 0.287. The number of anilines is 1. The number of terminal acetylenes is 1. The standard InChI is InChI=1S/C32H31F3N6O4S/c1-3-22-25(34)6-5-18-11-21(42)12-23(26(18)22)28-27(35)29-24(14-36-28)30(40-10-7-20(16-40)39-46(2,43)44)38-31(37-29)45-17-32-8-4-9-41(32)15-19(33)13-32/h1,5-6,11-12,14,19-20,39,42H,4,7-10,13,15-17H2,2H3/t19-,20?,32+/m1/s1. The number of pyridine rings is 1. The highest BCUT2D eigenvalue weighted by molar-refractivity contribution is 7.88. The van der Waals surface area contributed by atoms with Gasteiger partial charge < -0.3 is 14.7 Å². The van der Waals surface area contributed by atoms with Gasteiger partial charge in [-0.15, -0.1) is 6.42 Å². The van der Waals surface area contributed by atoms with Gasteiger partial charge in [-0.2, -0.15) is 9.97 Å². The molecule has 2 N–H and O–H groups in total. The number of sulfonamides is 1. The Labute approximate surface area is 263 Å². The van der Waals surface area contributed by atoms with E-state index in [2.05, 4.69) is 30.5 Å². The molecule has 0 bridgehead atoms. The van der Waals surface area contributed by atoms with Crippen LogP contribution >= 0.6 is 0 Å². The molecular weight excluding hydrogens is 621 g/mol. The highest BCUT2D eigenvalue weighted by Crippen LogP contribution is 2.42. The lowest BCUT2D eigenvalue weighted by molar-refractivity contribution is 0.107. The number of aromatic nitrogens is 3. The molecular formula is C32H31F3N6O4S. The van der Waals surface area contributed by atoms with E-state index < -0.39 is 39.4 Å². The van der Waals surface area contributed by atoms with E-state index in [9.17, 15) is 22.3 Å². The first-order chi connectivity index (χ1) is 21.9. The molecule has 5 heterocycles. The minimum absolute atomic E-state index is 0.0727. The molecule has 4 aromatic rings. The van der Waals surface area contributed by atoms with E-state index in [1.807, 2.05) is 4.90 Å². The molecule has 0 radical (unpaired) electrons. The van der Waals surface area contributed by atoms with Crippen LogP contribution in [0.15, 0.2) is 30.5 Å². The number of fused-ring (bicyclic) bond motifs is 3. The average molecular weight is 653 g/mol. The van der Waals surface area contributed by atoms with Crippen molar-refractivity contribution in [2.75, 3.05) is 43.9 Å². The zero-order chi connectivity index (χ0) is 32.4. The fourth-order valence-electron chi connectivity index (χ4n) is 7.27. The van der Waals surface area contributed by atoms with Gasteiger partial charge in [0.25, 0.3) is 0 Å². The normalized spacial score (nSPS) is 23.3. The summed E-state index contributed by atoms with van der Waals surface area (Å²) in [6.07, 6.45) is 9.60. The number of phenolic OH excluding ortho intramolecular Hbond substituents is 1.